The van der Waals surface area contributed by atoms with Crippen LogP contribution in [0.4, 0.5) is 0 Å². The van der Waals surface area contributed by atoms with Gasteiger partial charge in [0.05, 0.1) is 5.75 Å². The van der Waals surface area contributed by atoms with Gasteiger partial charge in [0.25, 0.3) is 0 Å². The van der Waals surface area contributed by atoms with Crippen molar-refractivity contribution < 1.29 is 23.1 Å². The second-order valence-electron chi connectivity index (χ2n) is 3.91. The highest BCUT2D eigenvalue weighted by Gasteiger charge is 2.12. The molecule has 0 aliphatic carbocycles. The van der Waals surface area contributed by atoms with Crippen molar-refractivity contribution in [2.24, 2.45) is 0 Å². The highest BCUT2D eigenvalue weighted by molar-refractivity contribution is 7.91. The highest BCUT2D eigenvalue weighted by atomic mass is 32.2. The first-order valence-electron chi connectivity index (χ1n) is 5.71. The molecule has 19 heavy (non-hydrogen) atoms. The number of hydrogen-bond donors (Lipinski definition) is 2. The molecule has 0 fully saturated rings. The number of carboxylic acid groups (broad SMARTS) is 1. The fourth-order valence-electron chi connectivity index (χ4n) is 1.45. The predicted octanol–water partition coefficient (Wildman–Crippen LogP) is -0.263. The van der Waals surface area contributed by atoms with Crippen LogP contribution in [0.25, 0.3) is 0 Å². The molecule has 0 aliphatic heterocycles. The van der Waals surface area contributed by atoms with Crippen molar-refractivity contribution in [3.05, 3.63) is 24.0 Å². The summed E-state index contributed by atoms with van der Waals surface area (Å²) in [6.07, 6.45) is 1.48. The zero-order valence-corrected chi connectivity index (χ0v) is 11.3. The molecule has 0 atom stereocenters. The number of nitrogens with zero attached hydrogens (tertiary/aromatic N) is 1. The number of carboxylic acids is 1. The van der Waals surface area contributed by atoms with E-state index in [2.05, 4.69) is 5.32 Å². The molecule has 0 spiro atoms. The Morgan fingerprint density at radius 2 is 2.11 bits per heavy atom. The van der Waals surface area contributed by atoms with Crippen molar-refractivity contribution in [1.29, 1.82) is 0 Å². The fraction of sp³-hybridized carbons (Fsp3) is 0.455. The third-order valence-corrected chi connectivity index (χ3v) is 4.24. The summed E-state index contributed by atoms with van der Waals surface area (Å²) in [6, 6.07) is 2.91. The Morgan fingerprint density at radius 3 is 2.68 bits per heavy atom. The zero-order chi connectivity index (χ0) is 14.5. The Balaban J connectivity index is 2.48. The molecule has 1 aromatic rings. The van der Waals surface area contributed by atoms with E-state index in [0.29, 0.717) is 0 Å². The number of aromatic carboxylic acids is 1. The zero-order valence-electron chi connectivity index (χ0n) is 10.5. The average Bonchev–Trinajstić information content (AvgIpc) is 2.77. The lowest BCUT2D eigenvalue weighted by Gasteiger charge is -2.07. The monoisotopic (exact) mass is 288 g/mol. The number of aromatic nitrogens is 1. The quantitative estimate of drug-likeness (QED) is 0.719. The summed E-state index contributed by atoms with van der Waals surface area (Å²) in [5, 5.41) is 11.3. The molecule has 1 heterocycles. The summed E-state index contributed by atoms with van der Waals surface area (Å²) in [6.45, 7) is 1.41. The summed E-state index contributed by atoms with van der Waals surface area (Å²) in [5.74, 6) is -1.63. The summed E-state index contributed by atoms with van der Waals surface area (Å²) < 4.78 is 23.7. The van der Waals surface area contributed by atoms with Crippen LogP contribution in [-0.4, -0.2) is 48.0 Å². The topological polar surface area (TPSA) is 105 Å². The summed E-state index contributed by atoms with van der Waals surface area (Å²) in [4.78, 5) is 22.4. The molecule has 0 aromatic carbocycles. The van der Waals surface area contributed by atoms with Crippen LogP contribution in [0.15, 0.2) is 18.3 Å². The molecular weight excluding hydrogens is 272 g/mol. The number of nitrogens with one attached hydrogen (secondary N) is 1. The standard InChI is InChI=1S/C11H16N2O5S/c1-2-19(17,18)7-5-12-10(14)8-13-6-3-4-9(13)11(15)16/h3-4,6H,2,5,7-8H2,1H3,(H,12,14)(H,15,16). The lowest BCUT2D eigenvalue weighted by atomic mass is 10.4. The van der Waals surface area contributed by atoms with Crippen LogP contribution in [0.5, 0.6) is 0 Å². The first-order valence-corrected chi connectivity index (χ1v) is 7.53. The number of hydrogen-bond acceptors (Lipinski definition) is 4. The van der Waals surface area contributed by atoms with Gasteiger partial charge in [0.2, 0.25) is 5.91 Å². The van der Waals surface area contributed by atoms with Gasteiger partial charge < -0.3 is 15.0 Å². The van der Waals surface area contributed by atoms with E-state index in [4.69, 9.17) is 5.11 Å². The fourth-order valence-corrected chi connectivity index (χ4v) is 2.15. The molecule has 1 aromatic heterocycles. The van der Waals surface area contributed by atoms with Crippen LogP contribution in [0.3, 0.4) is 0 Å². The van der Waals surface area contributed by atoms with Crippen molar-refractivity contribution in [1.82, 2.24) is 9.88 Å². The number of amides is 1. The van der Waals surface area contributed by atoms with Crippen molar-refractivity contribution in [2.75, 3.05) is 18.1 Å². The van der Waals surface area contributed by atoms with Gasteiger partial charge in [-0.25, -0.2) is 13.2 Å². The van der Waals surface area contributed by atoms with Gasteiger partial charge in [-0.3, -0.25) is 4.79 Å². The summed E-state index contributed by atoms with van der Waals surface area (Å²) in [7, 11) is -3.11. The van der Waals surface area contributed by atoms with Crippen LogP contribution in [0.1, 0.15) is 17.4 Å². The second-order valence-corrected chi connectivity index (χ2v) is 6.39. The van der Waals surface area contributed by atoms with Crippen LogP contribution in [0, 0.1) is 0 Å². The third-order valence-electron chi connectivity index (χ3n) is 2.54. The van der Waals surface area contributed by atoms with Crippen molar-refractivity contribution in [3.63, 3.8) is 0 Å². The SMILES string of the molecule is CCS(=O)(=O)CCNC(=O)Cn1cccc1C(=O)O. The number of carbonyl (C=O) groups excluding carboxylic acids is 1. The van der Waals surface area contributed by atoms with Crippen LogP contribution < -0.4 is 5.32 Å². The number of sulfone groups is 1. The molecule has 0 aliphatic rings. The van der Waals surface area contributed by atoms with Gasteiger partial charge in [0, 0.05) is 18.5 Å². The first kappa shape index (κ1) is 15.2. The maximum Gasteiger partial charge on any atom is 0.352 e. The average molecular weight is 288 g/mol. The minimum absolute atomic E-state index is 0.0105. The molecule has 0 unspecified atom stereocenters. The normalized spacial score (nSPS) is 11.2. The summed E-state index contributed by atoms with van der Waals surface area (Å²) in [5.41, 5.74) is 0.0105. The molecular formula is C11H16N2O5S. The molecule has 0 radical (unpaired) electrons. The van der Waals surface area contributed by atoms with Crippen LogP contribution in [-0.2, 0) is 21.2 Å². The number of rotatable bonds is 7. The van der Waals surface area contributed by atoms with Crippen molar-refractivity contribution >= 4 is 21.7 Å². The largest absolute Gasteiger partial charge is 0.477 e. The Bertz CT molecular complexity index is 561. The van der Waals surface area contributed by atoms with Gasteiger partial charge in [-0.2, -0.15) is 0 Å². The van der Waals surface area contributed by atoms with Gasteiger partial charge in [-0.1, -0.05) is 6.92 Å². The van der Waals surface area contributed by atoms with E-state index in [0.717, 1.165) is 0 Å². The minimum Gasteiger partial charge on any atom is -0.477 e. The van der Waals surface area contributed by atoms with Crippen molar-refractivity contribution in [3.8, 4) is 0 Å². The van der Waals surface area contributed by atoms with E-state index in [1.54, 1.807) is 0 Å². The van der Waals surface area contributed by atoms with E-state index in [1.807, 2.05) is 0 Å². The molecule has 0 saturated carbocycles. The minimum atomic E-state index is -3.11. The smallest absolute Gasteiger partial charge is 0.352 e. The van der Waals surface area contributed by atoms with E-state index in [9.17, 15) is 18.0 Å². The van der Waals surface area contributed by atoms with Gasteiger partial charge in [-0.15, -0.1) is 0 Å². The number of carbonyl (C=O) groups is 2. The van der Waals surface area contributed by atoms with Crippen LogP contribution >= 0.6 is 0 Å². The lowest BCUT2D eigenvalue weighted by molar-refractivity contribution is -0.121. The molecule has 106 valence electrons. The molecule has 1 rings (SSSR count). The molecule has 8 heteroatoms. The Hall–Kier alpha value is -1.83. The molecule has 7 nitrogen and oxygen atoms in total. The Labute approximate surface area is 111 Å². The second kappa shape index (κ2) is 6.37. The van der Waals surface area contributed by atoms with Crippen molar-refractivity contribution in [2.45, 2.75) is 13.5 Å². The van der Waals surface area contributed by atoms with Gasteiger partial charge in [0.15, 0.2) is 9.84 Å². The molecule has 0 saturated heterocycles. The maximum atomic E-state index is 11.5. The Morgan fingerprint density at radius 1 is 1.42 bits per heavy atom. The van der Waals surface area contributed by atoms with E-state index in [-0.39, 0.29) is 30.3 Å². The molecule has 2 N–H and O–H groups in total. The van der Waals surface area contributed by atoms with Crippen LogP contribution in [0.2, 0.25) is 0 Å². The van der Waals surface area contributed by atoms with E-state index in [1.165, 1.54) is 29.8 Å². The van der Waals surface area contributed by atoms with E-state index >= 15 is 0 Å². The predicted molar refractivity (Wildman–Crippen MR) is 68.7 cm³/mol. The molecule has 1 amide bonds. The highest BCUT2D eigenvalue weighted by Crippen LogP contribution is 2.01. The van der Waals surface area contributed by atoms with Gasteiger partial charge >= 0.3 is 5.97 Å². The van der Waals surface area contributed by atoms with Gasteiger partial charge in [-0.05, 0) is 12.1 Å². The first-order chi connectivity index (χ1) is 8.85. The lowest BCUT2D eigenvalue weighted by Crippen LogP contribution is -2.32. The van der Waals surface area contributed by atoms with Gasteiger partial charge in [0.1, 0.15) is 12.2 Å². The Kier molecular flexibility index (Phi) is 5.11. The molecule has 0 bridgehead atoms. The summed E-state index contributed by atoms with van der Waals surface area (Å²) >= 11 is 0. The third kappa shape index (κ3) is 4.74. The maximum absolute atomic E-state index is 11.5. The van der Waals surface area contributed by atoms with E-state index < -0.39 is 21.7 Å².